The zero-order valence-electron chi connectivity index (χ0n) is 17.9. The van der Waals surface area contributed by atoms with Crippen molar-refractivity contribution in [1.29, 1.82) is 0 Å². The van der Waals surface area contributed by atoms with Gasteiger partial charge in [0.25, 0.3) is 5.91 Å². The zero-order chi connectivity index (χ0) is 22.2. The van der Waals surface area contributed by atoms with Crippen molar-refractivity contribution in [2.24, 2.45) is 0 Å². The standard InChI is InChI=1S/C25H26N2O4/c1-24(2,3)27-23(30)25(14-13-16-9-5-4-6-10-16)21(28)20(22(29)31-25)18-15-26-19-12-8-7-11-17(18)19/h4-12,15,26,28H,13-14H2,1-3H3,(H,27,30). The summed E-state index contributed by atoms with van der Waals surface area (Å²) in [6.07, 6.45) is 2.24. The van der Waals surface area contributed by atoms with Gasteiger partial charge in [-0.1, -0.05) is 48.5 Å². The van der Waals surface area contributed by atoms with Crippen molar-refractivity contribution in [3.8, 4) is 0 Å². The third-order valence-corrected chi connectivity index (χ3v) is 5.41. The van der Waals surface area contributed by atoms with Gasteiger partial charge in [-0.05, 0) is 38.8 Å². The number of aliphatic hydroxyl groups excluding tert-OH is 1. The van der Waals surface area contributed by atoms with E-state index in [9.17, 15) is 14.7 Å². The Morgan fingerprint density at radius 3 is 2.48 bits per heavy atom. The number of ether oxygens (including phenoxy) is 1. The van der Waals surface area contributed by atoms with Crippen LogP contribution >= 0.6 is 0 Å². The van der Waals surface area contributed by atoms with Gasteiger partial charge in [0.2, 0.25) is 5.60 Å². The highest BCUT2D eigenvalue weighted by Gasteiger charge is 2.55. The van der Waals surface area contributed by atoms with Gasteiger partial charge in [0.15, 0.2) is 5.76 Å². The van der Waals surface area contributed by atoms with Gasteiger partial charge in [-0.3, -0.25) is 4.79 Å². The van der Waals surface area contributed by atoms with Crippen molar-refractivity contribution >= 4 is 28.4 Å². The maximum absolute atomic E-state index is 13.3. The molecule has 1 aliphatic rings. The van der Waals surface area contributed by atoms with Crippen LogP contribution in [0.1, 0.15) is 38.3 Å². The van der Waals surface area contributed by atoms with E-state index in [2.05, 4.69) is 10.3 Å². The number of cyclic esters (lactones) is 1. The van der Waals surface area contributed by atoms with Crippen LogP contribution in [0, 0.1) is 0 Å². The first kappa shape index (κ1) is 20.7. The lowest BCUT2D eigenvalue weighted by Crippen LogP contribution is -2.54. The number of rotatable bonds is 5. The van der Waals surface area contributed by atoms with Crippen LogP contribution in [0.4, 0.5) is 0 Å². The van der Waals surface area contributed by atoms with Gasteiger partial charge in [-0.25, -0.2) is 4.79 Å². The number of aryl methyl sites for hydroxylation is 1. The molecule has 0 saturated heterocycles. The largest absolute Gasteiger partial charge is 0.507 e. The van der Waals surface area contributed by atoms with E-state index in [0.29, 0.717) is 12.0 Å². The Morgan fingerprint density at radius 2 is 1.77 bits per heavy atom. The molecular weight excluding hydrogens is 392 g/mol. The average molecular weight is 418 g/mol. The number of esters is 1. The molecule has 0 fully saturated rings. The molecule has 0 aliphatic carbocycles. The van der Waals surface area contributed by atoms with Crippen LogP contribution in [0.25, 0.3) is 16.5 Å². The summed E-state index contributed by atoms with van der Waals surface area (Å²) in [6.45, 7) is 5.52. The third kappa shape index (κ3) is 3.81. The van der Waals surface area contributed by atoms with Crippen molar-refractivity contribution in [2.45, 2.75) is 44.8 Å². The van der Waals surface area contributed by atoms with Crippen LogP contribution in [0.5, 0.6) is 0 Å². The Labute approximate surface area is 180 Å². The van der Waals surface area contributed by atoms with Crippen molar-refractivity contribution < 1.29 is 19.4 Å². The second kappa shape index (κ2) is 7.61. The highest BCUT2D eigenvalue weighted by Crippen LogP contribution is 2.42. The molecule has 2 aromatic carbocycles. The molecule has 1 aromatic heterocycles. The van der Waals surface area contributed by atoms with Gasteiger partial charge < -0.3 is 20.1 Å². The minimum atomic E-state index is -1.78. The van der Waals surface area contributed by atoms with E-state index in [-0.39, 0.29) is 17.8 Å². The quantitative estimate of drug-likeness (QED) is 0.540. The summed E-state index contributed by atoms with van der Waals surface area (Å²) < 4.78 is 5.69. The van der Waals surface area contributed by atoms with Crippen LogP contribution in [-0.2, 0) is 20.7 Å². The molecule has 3 N–H and O–H groups in total. The molecule has 0 bridgehead atoms. The fourth-order valence-corrected chi connectivity index (χ4v) is 3.92. The zero-order valence-corrected chi connectivity index (χ0v) is 17.9. The van der Waals surface area contributed by atoms with E-state index < -0.39 is 23.0 Å². The molecule has 0 saturated carbocycles. The smallest absolute Gasteiger partial charge is 0.343 e. The molecular formula is C25H26N2O4. The number of H-pyrrole nitrogens is 1. The molecule has 1 atom stereocenters. The number of benzene rings is 2. The molecule has 1 amide bonds. The number of amides is 1. The lowest BCUT2D eigenvalue weighted by molar-refractivity contribution is -0.159. The number of aliphatic hydroxyl groups is 1. The molecule has 4 rings (SSSR count). The molecule has 0 spiro atoms. The van der Waals surface area contributed by atoms with Gasteiger partial charge in [-0.2, -0.15) is 0 Å². The molecule has 6 nitrogen and oxygen atoms in total. The van der Waals surface area contributed by atoms with Crippen molar-refractivity contribution in [3.05, 3.63) is 77.7 Å². The van der Waals surface area contributed by atoms with E-state index >= 15 is 0 Å². The van der Waals surface area contributed by atoms with Crippen LogP contribution in [0.15, 0.2) is 66.6 Å². The van der Waals surface area contributed by atoms with E-state index in [1.54, 1.807) is 6.20 Å². The Kier molecular flexibility index (Phi) is 5.09. The SMILES string of the molecule is CC(C)(C)NC(=O)C1(CCc2ccccc2)OC(=O)C(c2c[nH]c3ccccc23)=C1O. The lowest BCUT2D eigenvalue weighted by atomic mass is 9.89. The number of hydrogen-bond acceptors (Lipinski definition) is 4. The Bertz CT molecular complexity index is 1170. The first-order valence-electron chi connectivity index (χ1n) is 10.3. The summed E-state index contributed by atoms with van der Waals surface area (Å²) >= 11 is 0. The molecule has 0 radical (unpaired) electrons. The summed E-state index contributed by atoms with van der Waals surface area (Å²) in [6, 6.07) is 17.1. The van der Waals surface area contributed by atoms with E-state index in [4.69, 9.17) is 4.74 Å². The molecule has 3 aromatic rings. The molecule has 31 heavy (non-hydrogen) atoms. The number of aromatic amines is 1. The number of para-hydroxylation sites is 1. The minimum absolute atomic E-state index is 0.0228. The summed E-state index contributed by atoms with van der Waals surface area (Å²) in [4.78, 5) is 29.4. The van der Waals surface area contributed by atoms with Gasteiger partial charge >= 0.3 is 5.97 Å². The summed E-state index contributed by atoms with van der Waals surface area (Å²) in [5.41, 5.74) is 0.000189. The van der Waals surface area contributed by atoms with Gasteiger partial charge in [0.05, 0.1) is 0 Å². The van der Waals surface area contributed by atoms with Crippen LogP contribution < -0.4 is 5.32 Å². The normalized spacial score (nSPS) is 19.0. The first-order chi connectivity index (χ1) is 14.7. The first-order valence-corrected chi connectivity index (χ1v) is 10.3. The maximum atomic E-state index is 13.3. The van der Waals surface area contributed by atoms with E-state index in [1.807, 2.05) is 75.4 Å². The maximum Gasteiger partial charge on any atom is 0.343 e. The van der Waals surface area contributed by atoms with E-state index in [1.165, 1.54) is 0 Å². The van der Waals surface area contributed by atoms with Crippen molar-refractivity contribution in [1.82, 2.24) is 10.3 Å². The van der Waals surface area contributed by atoms with Crippen LogP contribution in [0.3, 0.4) is 0 Å². The predicted octanol–water partition coefficient (Wildman–Crippen LogP) is 4.28. The molecule has 1 unspecified atom stereocenters. The van der Waals surface area contributed by atoms with Gasteiger partial charge in [0, 0.05) is 34.6 Å². The number of fused-ring (bicyclic) bond motifs is 1. The Balaban J connectivity index is 1.80. The predicted molar refractivity (Wildman–Crippen MR) is 119 cm³/mol. The highest BCUT2D eigenvalue weighted by atomic mass is 16.6. The highest BCUT2D eigenvalue weighted by molar-refractivity contribution is 6.25. The number of carbonyl (C=O) groups excluding carboxylic acids is 2. The van der Waals surface area contributed by atoms with Crippen molar-refractivity contribution in [3.63, 3.8) is 0 Å². The second-order valence-electron chi connectivity index (χ2n) is 8.88. The number of nitrogens with one attached hydrogen (secondary N) is 2. The molecule has 6 heteroatoms. The number of hydrogen-bond donors (Lipinski definition) is 3. The van der Waals surface area contributed by atoms with E-state index in [0.717, 1.165) is 16.5 Å². The fraction of sp³-hybridized carbons (Fsp3) is 0.280. The number of carbonyl (C=O) groups is 2. The van der Waals surface area contributed by atoms with Crippen LogP contribution in [0.2, 0.25) is 0 Å². The third-order valence-electron chi connectivity index (χ3n) is 5.41. The second-order valence-corrected chi connectivity index (χ2v) is 8.88. The van der Waals surface area contributed by atoms with Crippen LogP contribution in [-0.4, -0.2) is 33.1 Å². The minimum Gasteiger partial charge on any atom is -0.507 e. The van der Waals surface area contributed by atoms with Crippen molar-refractivity contribution in [2.75, 3.05) is 0 Å². The summed E-state index contributed by atoms with van der Waals surface area (Å²) in [5, 5.41) is 15.0. The fourth-order valence-electron chi connectivity index (χ4n) is 3.92. The summed E-state index contributed by atoms with van der Waals surface area (Å²) in [5.74, 6) is -1.59. The Hall–Kier alpha value is -3.54. The summed E-state index contributed by atoms with van der Waals surface area (Å²) in [7, 11) is 0. The topological polar surface area (TPSA) is 91.4 Å². The number of aromatic nitrogens is 1. The molecule has 160 valence electrons. The average Bonchev–Trinajstić information content (AvgIpc) is 3.25. The van der Waals surface area contributed by atoms with Gasteiger partial charge in [0.1, 0.15) is 5.57 Å². The van der Waals surface area contributed by atoms with Gasteiger partial charge in [-0.15, -0.1) is 0 Å². The molecule has 2 heterocycles. The molecule has 1 aliphatic heterocycles. The monoisotopic (exact) mass is 418 g/mol. The lowest BCUT2D eigenvalue weighted by Gasteiger charge is -2.31. The Morgan fingerprint density at radius 1 is 1.10 bits per heavy atom.